The molecular formula is C13H18N4O. The Morgan fingerprint density at radius 2 is 1.94 bits per heavy atom. The summed E-state index contributed by atoms with van der Waals surface area (Å²) in [5.41, 5.74) is 1.39. The molecule has 0 bridgehead atoms. The van der Waals surface area contributed by atoms with E-state index in [-0.39, 0.29) is 12.1 Å². The van der Waals surface area contributed by atoms with Crippen molar-refractivity contribution in [2.75, 3.05) is 11.9 Å². The molecule has 1 heterocycles. The van der Waals surface area contributed by atoms with Crippen LogP contribution in [-0.2, 0) is 0 Å². The van der Waals surface area contributed by atoms with Crippen LogP contribution in [0.25, 0.3) is 11.0 Å². The van der Waals surface area contributed by atoms with E-state index in [1.807, 2.05) is 31.2 Å². The minimum atomic E-state index is -0.209. The van der Waals surface area contributed by atoms with Gasteiger partial charge < -0.3 is 10.4 Å². The molecule has 0 fully saturated rings. The van der Waals surface area contributed by atoms with Gasteiger partial charge in [-0.05, 0) is 31.9 Å². The van der Waals surface area contributed by atoms with E-state index in [2.05, 4.69) is 27.4 Å². The van der Waals surface area contributed by atoms with Crippen LogP contribution >= 0.6 is 0 Å². The quantitative estimate of drug-likeness (QED) is 0.844. The largest absolute Gasteiger partial charge is 0.396 e. The Kier molecular flexibility index (Phi) is 3.72. The highest BCUT2D eigenvalue weighted by atomic mass is 16.3. The van der Waals surface area contributed by atoms with Crippen molar-refractivity contribution in [2.45, 2.75) is 32.2 Å². The molecule has 2 rings (SSSR count). The molecule has 5 nitrogen and oxygen atoms in total. The smallest absolute Gasteiger partial charge is 0.243 e. The zero-order valence-corrected chi connectivity index (χ0v) is 10.7. The third-order valence-electron chi connectivity index (χ3n) is 3.22. The highest BCUT2D eigenvalue weighted by Crippen LogP contribution is 2.19. The Hall–Kier alpha value is -1.75. The SMILES string of the molecule is CCC(C)(CCO)Nc1nnc2ccccc2n1. The van der Waals surface area contributed by atoms with Gasteiger partial charge in [-0.3, -0.25) is 0 Å². The average Bonchev–Trinajstić information content (AvgIpc) is 2.39. The van der Waals surface area contributed by atoms with Crippen molar-refractivity contribution in [2.24, 2.45) is 0 Å². The lowest BCUT2D eigenvalue weighted by Crippen LogP contribution is -2.35. The highest BCUT2D eigenvalue weighted by molar-refractivity contribution is 5.74. The van der Waals surface area contributed by atoms with Crippen molar-refractivity contribution >= 4 is 17.0 Å². The Morgan fingerprint density at radius 3 is 2.61 bits per heavy atom. The number of aromatic nitrogens is 3. The summed E-state index contributed by atoms with van der Waals surface area (Å²) < 4.78 is 0. The summed E-state index contributed by atoms with van der Waals surface area (Å²) in [6.07, 6.45) is 1.53. The fourth-order valence-electron chi connectivity index (χ4n) is 1.78. The third kappa shape index (κ3) is 2.73. The van der Waals surface area contributed by atoms with E-state index in [4.69, 9.17) is 5.11 Å². The Labute approximate surface area is 106 Å². The fourth-order valence-corrected chi connectivity index (χ4v) is 1.78. The first kappa shape index (κ1) is 12.7. The van der Waals surface area contributed by atoms with E-state index in [1.54, 1.807) is 0 Å². The summed E-state index contributed by atoms with van der Waals surface area (Å²) in [5, 5.41) is 20.5. The minimum Gasteiger partial charge on any atom is -0.396 e. The lowest BCUT2D eigenvalue weighted by atomic mass is 9.95. The number of hydrogen-bond acceptors (Lipinski definition) is 5. The van der Waals surface area contributed by atoms with Crippen molar-refractivity contribution in [1.29, 1.82) is 0 Å². The Balaban J connectivity index is 2.26. The average molecular weight is 246 g/mol. The first-order chi connectivity index (χ1) is 8.67. The second-order valence-corrected chi connectivity index (χ2v) is 4.64. The second kappa shape index (κ2) is 5.27. The summed E-state index contributed by atoms with van der Waals surface area (Å²) in [6.45, 7) is 4.25. The van der Waals surface area contributed by atoms with E-state index in [1.165, 1.54) is 0 Å². The molecule has 0 aliphatic rings. The Bertz CT molecular complexity index is 531. The number of hydrogen-bond donors (Lipinski definition) is 2. The molecule has 0 aliphatic carbocycles. The van der Waals surface area contributed by atoms with E-state index in [9.17, 15) is 0 Å². The minimum absolute atomic E-state index is 0.137. The lowest BCUT2D eigenvalue weighted by molar-refractivity contribution is 0.251. The van der Waals surface area contributed by atoms with Gasteiger partial charge in [0.15, 0.2) is 0 Å². The maximum atomic E-state index is 9.09. The molecule has 2 N–H and O–H groups in total. The second-order valence-electron chi connectivity index (χ2n) is 4.64. The number of nitrogens with one attached hydrogen (secondary N) is 1. The number of anilines is 1. The van der Waals surface area contributed by atoms with Crippen molar-refractivity contribution < 1.29 is 5.11 Å². The molecule has 0 saturated carbocycles. The molecule has 5 heteroatoms. The van der Waals surface area contributed by atoms with Gasteiger partial charge >= 0.3 is 0 Å². The van der Waals surface area contributed by atoms with E-state index in [0.29, 0.717) is 12.4 Å². The maximum absolute atomic E-state index is 9.09. The van der Waals surface area contributed by atoms with E-state index in [0.717, 1.165) is 17.5 Å². The lowest BCUT2D eigenvalue weighted by Gasteiger charge is -2.28. The van der Waals surface area contributed by atoms with Gasteiger partial charge in [0.1, 0.15) is 5.52 Å². The molecule has 0 saturated heterocycles. The van der Waals surface area contributed by atoms with Gasteiger partial charge in [-0.1, -0.05) is 19.1 Å². The first-order valence-electron chi connectivity index (χ1n) is 6.15. The molecule has 18 heavy (non-hydrogen) atoms. The van der Waals surface area contributed by atoms with Gasteiger partial charge in [0, 0.05) is 12.1 Å². The zero-order chi connectivity index (χ0) is 13.0. The number of rotatable bonds is 5. The molecule has 2 aromatic rings. The van der Waals surface area contributed by atoms with Crippen LogP contribution in [0.5, 0.6) is 0 Å². The number of nitrogens with zero attached hydrogens (tertiary/aromatic N) is 3. The fraction of sp³-hybridized carbons (Fsp3) is 0.462. The number of fused-ring (bicyclic) bond motifs is 1. The molecule has 0 spiro atoms. The van der Waals surface area contributed by atoms with Crippen molar-refractivity contribution in [3.63, 3.8) is 0 Å². The van der Waals surface area contributed by atoms with Crippen LogP contribution in [-0.4, -0.2) is 32.4 Å². The van der Waals surface area contributed by atoms with Crippen molar-refractivity contribution in [3.8, 4) is 0 Å². The highest BCUT2D eigenvalue weighted by Gasteiger charge is 2.22. The summed E-state index contributed by atoms with van der Waals surface area (Å²) in [6, 6.07) is 7.62. The monoisotopic (exact) mass is 246 g/mol. The first-order valence-corrected chi connectivity index (χ1v) is 6.15. The topological polar surface area (TPSA) is 70.9 Å². The van der Waals surface area contributed by atoms with Gasteiger partial charge in [0.2, 0.25) is 5.95 Å². The van der Waals surface area contributed by atoms with Gasteiger partial charge in [-0.15, -0.1) is 10.2 Å². The van der Waals surface area contributed by atoms with Crippen LogP contribution in [0.4, 0.5) is 5.95 Å². The molecule has 96 valence electrons. The van der Waals surface area contributed by atoms with Crippen LogP contribution in [0.15, 0.2) is 24.3 Å². The normalized spacial score (nSPS) is 14.4. The number of aliphatic hydroxyl groups is 1. The van der Waals surface area contributed by atoms with Gasteiger partial charge in [-0.25, -0.2) is 4.98 Å². The van der Waals surface area contributed by atoms with Crippen LogP contribution < -0.4 is 5.32 Å². The molecule has 1 unspecified atom stereocenters. The van der Waals surface area contributed by atoms with Crippen LogP contribution in [0.1, 0.15) is 26.7 Å². The summed E-state index contributed by atoms with van der Waals surface area (Å²) in [5.74, 6) is 0.506. The predicted octanol–water partition coefficient (Wildman–Crippen LogP) is 1.99. The molecule has 0 aliphatic heterocycles. The van der Waals surface area contributed by atoms with Crippen LogP contribution in [0, 0.1) is 0 Å². The summed E-state index contributed by atoms with van der Waals surface area (Å²) in [4.78, 5) is 4.42. The molecule has 0 amide bonds. The zero-order valence-electron chi connectivity index (χ0n) is 10.7. The Morgan fingerprint density at radius 1 is 1.22 bits per heavy atom. The van der Waals surface area contributed by atoms with Gasteiger partial charge in [-0.2, -0.15) is 0 Å². The number of para-hydroxylation sites is 1. The summed E-state index contributed by atoms with van der Waals surface area (Å²) in [7, 11) is 0. The van der Waals surface area contributed by atoms with Crippen LogP contribution in [0.3, 0.4) is 0 Å². The van der Waals surface area contributed by atoms with Crippen molar-refractivity contribution in [3.05, 3.63) is 24.3 Å². The summed E-state index contributed by atoms with van der Waals surface area (Å²) >= 11 is 0. The number of benzene rings is 1. The molecular weight excluding hydrogens is 228 g/mol. The van der Waals surface area contributed by atoms with Gasteiger partial charge in [0.25, 0.3) is 0 Å². The van der Waals surface area contributed by atoms with E-state index >= 15 is 0 Å². The van der Waals surface area contributed by atoms with E-state index < -0.39 is 0 Å². The molecule has 0 radical (unpaired) electrons. The molecule has 1 aromatic carbocycles. The predicted molar refractivity (Wildman–Crippen MR) is 71.4 cm³/mol. The number of aliphatic hydroxyl groups excluding tert-OH is 1. The van der Waals surface area contributed by atoms with Crippen LogP contribution in [0.2, 0.25) is 0 Å². The molecule has 1 atom stereocenters. The standard InChI is InChI=1S/C13H18N4O/c1-3-13(2,8-9-18)15-12-14-10-6-4-5-7-11(10)16-17-12/h4-7,18H,3,8-9H2,1-2H3,(H,14,15,17). The third-order valence-corrected chi connectivity index (χ3v) is 3.22. The molecule has 1 aromatic heterocycles. The maximum Gasteiger partial charge on any atom is 0.243 e. The van der Waals surface area contributed by atoms with Gasteiger partial charge in [0.05, 0.1) is 5.52 Å². The van der Waals surface area contributed by atoms with Crippen molar-refractivity contribution in [1.82, 2.24) is 15.2 Å².